The first-order chi connectivity index (χ1) is 9.34. The van der Waals surface area contributed by atoms with Crippen molar-refractivity contribution in [2.75, 3.05) is 31.1 Å². The van der Waals surface area contributed by atoms with Gasteiger partial charge in [0.2, 0.25) is 0 Å². The third-order valence-electron chi connectivity index (χ3n) is 3.99. The van der Waals surface area contributed by atoms with Crippen molar-refractivity contribution in [3.05, 3.63) is 15.5 Å². The molecule has 1 aliphatic carbocycles. The molecule has 6 heteroatoms. The van der Waals surface area contributed by atoms with Gasteiger partial charge in [0.1, 0.15) is 3.70 Å². The van der Waals surface area contributed by atoms with Gasteiger partial charge >= 0.3 is 0 Å². The second-order valence-electron chi connectivity index (χ2n) is 5.31. The predicted octanol–water partition coefficient (Wildman–Crippen LogP) is 1.85. The molecule has 0 atom stereocenters. The molecule has 100 valence electrons. The van der Waals surface area contributed by atoms with Crippen molar-refractivity contribution in [1.29, 1.82) is 0 Å². The van der Waals surface area contributed by atoms with Gasteiger partial charge in [-0.3, -0.25) is 5.10 Å². The fourth-order valence-corrected chi connectivity index (χ4v) is 3.49. The minimum absolute atomic E-state index is 0.715. The van der Waals surface area contributed by atoms with Crippen LogP contribution in [0.15, 0.2) is 6.20 Å². The number of H-pyrrole nitrogens is 1. The van der Waals surface area contributed by atoms with E-state index in [0.717, 1.165) is 35.5 Å². The van der Waals surface area contributed by atoms with Crippen molar-refractivity contribution in [1.82, 2.24) is 20.5 Å². The molecule has 2 aromatic heterocycles. The highest BCUT2D eigenvalue weighted by Crippen LogP contribution is 2.46. The number of halogens is 1. The Morgan fingerprint density at radius 2 is 2.05 bits per heavy atom. The van der Waals surface area contributed by atoms with Gasteiger partial charge in [0.15, 0.2) is 5.65 Å². The van der Waals surface area contributed by atoms with Crippen LogP contribution in [0.3, 0.4) is 0 Å². The Hall–Kier alpha value is -0.890. The van der Waals surface area contributed by atoms with Crippen molar-refractivity contribution >= 4 is 39.3 Å². The molecule has 2 N–H and O–H groups in total. The van der Waals surface area contributed by atoms with Crippen LogP contribution in [0.5, 0.6) is 0 Å². The standard InChI is InChI=1S/C13H16IN5/c14-12-10-11(19-5-3-15-4-6-19)9(8-1-2-8)7-16-13(10)18-17-12/h7-8,15H,1-6H2,(H,16,17,18). The average molecular weight is 369 g/mol. The number of hydrogen-bond donors (Lipinski definition) is 2. The normalized spacial score (nSPS) is 20.2. The van der Waals surface area contributed by atoms with Gasteiger partial charge in [0.05, 0.1) is 11.1 Å². The van der Waals surface area contributed by atoms with Crippen LogP contribution in [-0.2, 0) is 0 Å². The lowest BCUT2D eigenvalue weighted by Gasteiger charge is -2.31. The molecular weight excluding hydrogens is 353 g/mol. The lowest BCUT2D eigenvalue weighted by atomic mass is 10.1. The highest BCUT2D eigenvalue weighted by molar-refractivity contribution is 14.1. The maximum atomic E-state index is 4.53. The molecule has 2 fully saturated rings. The van der Waals surface area contributed by atoms with Gasteiger partial charge in [0.25, 0.3) is 0 Å². The van der Waals surface area contributed by atoms with Crippen LogP contribution < -0.4 is 10.2 Å². The first-order valence-corrected chi connectivity index (χ1v) is 7.90. The molecule has 3 heterocycles. The average Bonchev–Trinajstić information content (AvgIpc) is 3.23. The second-order valence-corrected chi connectivity index (χ2v) is 6.39. The summed E-state index contributed by atoms with van der Waals surface area (Å²) >= 11 is 2.34. The summed E-state index contributed by atoms with van der Waals surface area (Å²) in [4.78, 5) is 7.04. The Labute approximate surface area is 125 Å². The van der Waals surface area contributed by atoms with Crippen molar-refractivity contribution in [3.63, 3.8) is 0 Å². The van der Waals surface area contributed by atoms with Crippen LogP contribution in [0.25, 0.3) is 11.0 Å². The van der Waals surface area contributed by atoms with Crippen molar-refractivity contribution < 1.29 is 0 Å². The molecule has 1 saturated heterocycles. The van der Waals surface area contributed by atoms with E-state index in [1.807, 2.05) is 6.20 Å². The molecule has 1 aliphatic heterocycles. The van der Waals surface area contributed by atoms with E-state index in [-0.39, 0.29) is 0 Å². The topological polar surface area (TPSA) is 56.8 Å². The van der Waals surface area contributed by atoms with Gasteiger partial charge in [-0.25, -0.2) is 4.98 Å². The zero-order valence-corrected chi connectivity index (χ0v) is 12.8. The van der Waals surface area contributed by atoms with Gasteiger partial charge in [-0.05, 0) is 46.9 Å². The van der Waals surface area contributed by atoms with E-state index in [9.17, 15) is 0 Å². The van der Waals surface area contributed by atoms with Crippen LogP contribution in [0, 0.1) is 3.70 Å². The number of anilines is 1. The molecule has 0 spiro atoms. The minimum Gasteiger partial charge on any atom is -0.368 e. The Morgan fingerprint density at radius 3 is 2.79 bits per heavy atom. The van der Waals surface area contributed by atoms with Gasteiger partial charge in [-0.2, -0.15) is 5.10 Å². The molecule has 4 rings (SSSR count). The summed E-state index contributed by atoms with van der Waals surface area (Å²) < 4.78 is 1.11. The first-order valence-electron chi connectivity index (χ1n) is 6.83. The molecule has 2 aliphatic rings. The minimum atomic E-state index is 0.715. The zero-order valence-electron chi connectivity index (χ0n) is 10.6. The lowest BCUT2D eigenvalue weighted by Crippen LogP contribution is -2.44. The Kier molecular flexibility index (Phi) is 2.87. The molecule has 0 amide bonds. The zero-order chi connectivity index (χ0) is 12.8. The van der Waals surface area contributed by atoms with Gasteiger partial charge < -0.3 is 10.2 Å². The quantitative estimate of drug-likeness (QED) is 0.794. The second kappa shape index (κ2) is 4.59. The molecule has 0 radical (unpaired) electrons. The van der Waals surface area contributed by atoms with E-state index in [2.05, 4.69) is 48.0 Å². The van der Waals surface area contributed by atoms with Crippen LogP contribution in [0.1, 0.15) is 24.3 Å². The summed E-state index contributed by atoms with van der Waals surface area (Å²) in [5.41, 5.74) is 3.66. The Balaban J connectivity index is 1.92. The number of aromatic nitrogens is 3. The number of hydrogen-bond acceptors (Lipinski definition) is 4. The summed E-state index contributed by atoms with van der Waals surface area (Å²) in [6, 6.07) is 0. The summed E-state index contributed by atoms with van der Waals surface area (Å²) in [6.07, 6.45) is 4.66. The molecule has 1 saturated carbocycles. The maximum Gasteiger partial charge on any atom is 0.184 e. The van der Waals surface area contributed by atoms with Crippen LogP contribution in [-0.4, -0.2) is 41.4 Å². The van der Waals surface area contributed by atoms with E-state index < -0.39 is 0 Å². The molecule has 5 nitrogen and oxygen atoms in total. The summed E-state index contributed by atoms with van der Waals surface area (Å²) in [6.45, 7) is 4.25. The first kappa shape index (κ1) is 11.9. The molecule has 0 aromatic carbocycles. The fourth-order valence-electron chi connectivity index (χ4n) is 2.87. The number of aromatic amines is 1. The largest absolute Gasteiger partial charge is 0.368 e. The summed E-state index contributed by atoms with van der Waals surface area (Å²) in [7, 11) is 0. The van der Waals surface area contributed by atoms with Gasteiger partial charge in [-0.1, -0.05) is 0 Å². The SMILES string of the molecule is Ic1[nH]nc2ncc(C3CC3)c(N3CCNCC3)c12. The monoisotopic (exact) mass is 369 g/mol. The number of piperazine rings is 1. The summed E-state index contributed by atoms with van der Waals surface area (Å²) in [5, 5.41) is 12.0. The third-order valence-corrected chi connectivity index (χ3v) is 4.77. The maximum absolute atomic E-state index is 4.53. The number of pyridine rings is 1. The van der Waals surface area contributed by atoms with Gasteiger partial charge in [-0.15, -0.1) is 0 Å². The number of fused-ring (bicyclic) bond motifs is 1. The fraction of sp³-hybridized carbons (Fsp3) is 0.538. The van der Waals surface area contributed by atoms with Crippen LogP contribution >= 0.6 is 22.6 Å². The van der Waals surface area contributed by atoms with Gasteiger partial charge in [0, 0.05) is 32.4 Å². The van der Waals surface area contributed by atoms with Crippen molar-refractivity contribution in [2.24, 2.45) is 0 Å². The Bertz CT molecular complexity index is 613. The van der Waals surface area contributed by atoms with Crippen molar-refractivity contribution in [3.8, 4) is 0 Å². The Morgan fingerprint density at radius 1 is 1.26 bits per heavy atom. The molecule has 19 heavy (non-hydrogen) atoms. The predicted molar refractivity (Wildman–Crippen MR) is 83.7 cm³/mol. The third kappa shape index (κ3) is 2.01. The highest BCUT2D eigenvalue weighted by Gasteiger charge is 2.31. The van der Waals surface area contributed by atoms with E-state index in [0.29, 0.717) is 5.92 Å². The number of nitrogens with one attached hydrogen (secondary N) is 2. The number of nitrogens with zero attached hydrogens (tertiary/aromatic N) is 3. The van der Waals surface area contributed by atoms with E-state index in [1.54, 1.807) is 0 Å². The lowest BCUT2D eigenvalue weighted by molar-refractivity contribution is 0.589. The van der Waals surface area contributed by atoms with Crippen LogP contribution in [0.2, 0.25) is 0 Å². The highest BCUT2D eigenvalue weighted by atomic mass is 127. The summed E-state index contributed by atoms with van der Waals surface area (Å²) in [5.74, 6) is 0.715. The molecule has 0 unspecified atom stereocenters. The molecular formula is C13H16IN5. The molecule has 0 bridgehead atoms. The van der Waals surface area contributed by atoms with E-state index in [1.165, 1.54) is 29.5 Å². The van der Waals surface area contributed by atoms with E-state index in [4.69, 9.17) is 0 Å². The van der Waals surface area contributed by atoms with Crippen LogP contribution in [0.4, 0.5) is 5.69 Å². The smallest absolute Gasteiger partial charge is 0.184 e. The number of rotatable bonds is 2. The molecule has 2 aromatic rings. The van der Waals surface area contributed by atoms with E-state index >= 15 is 0 Å². The van der Waals surface area contributed by atoms with Crippen molar-refractivity contribution in [2.45, 2.75) is 18.8 Å².